The Balaban J connectivity index is 0.000000360. The molecule has 0 saturated carbocycles. The molecule has 1 aromatic heterocycles. The summed E-state index contributed by atoms with van der Waals surface area (Å²) in [6, 6.07) is 0. The molecule has 0 atom stereocenters. The van der Waals surface area contributed by atoms with Crippen LogP contribution in [0.1, 0.15) is 0 Å². The van der Waals surface area contributed by atoms with Crippen LogP contribution in [0.4, 0.5) is 0 Å². The molecule has 0 amide bonds. The van der Waals surface area contributed by atoms with Crippen LogP contribution in [0, 0.1) is 6.26 Å². The van der Waals surface area contributed by atoms with Crippen molar-refractivity contribution in [2.75, 3.05) is 0 Å². The molecule has 1 aromatic rings. The van der Waals surface area contributed by atoms with E-state index in [0.29, 0.717) is 0 Å². The molecule has 0 aliphatic carbocycles. The van der Waals surface area contributed by atoms with Gasteiger partial charge in [0.25, 0.3) is 0 Å². The molecule has 7 heavy (non-hydrogen) atoms. The van der Waals surface area contributed by atoms with Crippen molar-refractivity contribution in [3.8, 4) is 0 Å². The van der Waals surface area contributed by atoms with Crippen LogP contribution in [0.2, 0.25) is 0 Å². The number of hydrogen-bond acceptors (Lipinski definition) is 3. The Labute approximate surface area is 33.2 Å². The van der Waals surface area contributed by atoms with Crippen LogP contribution in [0.15, 0.2) is 19.9 Å². The van der Waals surface area contributed by atoms with Crippen molar-refractivity contribution in [3.05, 3.63) is 23.1 Å². The standard InChI is InChI=1S/C3HO3.Rf/c4-3-5-1-2-6-3;/h1H;/q-1;. The minimum Gasteiger partial charge on any atom is -0.585 e. The smallest absolute Gasteiger partial charge is 0.345 e. The predicted octanol–water partition coefficient (Wildman–Crippen LogP) is 0.0330. The van der Waals surface area contributed by atoms with E-state index in [1.807, 2.05) is 0 Å². The number of hydrogen-bond donors (Lipinski definition) is 0. The Morgan fingerprint density at radius 1 is 1.71 bits per heavy atom. The van der Waals surface area contributed by atoms with Crippen molar-refractivity contribution in [3.63, 3.8) is 0 Å². The summed E-state index contributed by atoms with van der Waals surface area (Å²) < 4.78 is 8.04. The van der Waals surface area contributed by atoms with Crippen LogP contribution in [0.5, 0.6) is 0 Å². The van der Waals surface area contributed by atoms with Gasteiger partial charge < -0.3 is 13.6 Å². The Kier molecular flexibility index (Phi) is 1.04. The summed E-state index contributed by atoms with van der Waals surface area (Å²) >= 11 is 0. The minimum absolute atomic E-state index is 0. The van der Waals surface area contributed by atoms with Gasteiger partial charge in [-0.1, -0.05) is 0 Å². The molecule has 3 nitrogen and oxygen atoms in total. The van der Waals surface area contributed by atoms with E-state index in [1.165, 1.54) is 0 Å². The molecule has 0 fully saturated rings. The molecule has 0 spiro atoms. The SMILES string of the molecule is O=c1o[c-]co1.[Rf]. The molecule has 0 aromatic carbocycles. The van der Waals surface area contributed by atoms with E-state index in [0.717, 1.165) is 6.26 Å². The molecule has 0 unspecified atom stereocenters. The summed E-state index contributed by atoms with van der Waals surface area (Å²) in [7, 11) is 0. The summed E-state index contributed by atoms with van der Waals surface area (Å²) in [5.74, 6) is -0.713. The van der Waals surface area contributed by atoms with Gasteiger partial charge in [0.2, 0.25) is 0 Å². The monoisotopic (exact) mass is 352 g/mol. The van der Waals surface area contributed by atoms with Gasteiger partial charge in [0, 0.05) is 6.26 Å². The zero-order chi connectivity index (χ0) is 4.41. The maximum Gasteiger partial charge on any atom is 0.345 e. The first-order valence-corrected chi connectivity index (χ1v) is 1.34. The molecular formula is C3HO3Rf-. The van der Waals surface area contributed by atoms with Gasteiger partial charge in [-0.25, -0.2) is 0 Å². The molecule has 0 aliphatic rings. The van der Waals surface area contributed by atoms with Crippen LogP contribution in [-0.4, -0.2) is 0 Å². The first-order chi connectivity index (χ1) is 2.89. The first kappa shape index (κ1) is 5.01. The average molecular weight is 352 g/mol. The van der Waals surface area contributed by atoms with Crippen molar-refractivity contribution < 1.29 is 8.83 Å². The van der Waals surface area contributed by atoms with E-state index >= 15 is 0 Å². The summed E-state index contributed by atoms with van der Waals surface area (Å²) in [6.45, 7) is 0. The molecule has 0 N–H and O–H groups in total. The average Bonchev–Trinajstić information content (AvgIpc) is 1.86. The molecule has 0 bridgehead atoms. The van der Waals surface area contributed by atoms with E-state index in [-0.39, 0.29) is 0 Å². The molecule has 0 saturated heterocycles. The van der Waals surface area contributed by atoms with Gasteiger partial charge in [-0.3, -0.25) is 0 Å². The van der Waals surface area contributed by atoms with Gasteiger partial charge in [-0.05, 0) is 6.26 Å². The maximum atomic E-state index is 9.70. The van der Waals surface area contributed by atoms with E-state index in [2.05, 4.69) is 15.1 Å². The van der Waals surface area contributed by atoms with Gasteiger partial charge >= 0.3 is 5.82 Å². The van der Waals surface area contributed by atoms with E-state index < -0.39 is 5.82 Å². The fourth-order valence-corrected chi connectivity index (χ4v) is 0.168. The third-order valence-electron chi connectivity index (χ3n) is 0.346. The maximum absolute atomic E-state index is 9.70. The van der Waals surface area contributed by atoms with Crippen LogP contribution < -0.4 is 5.82 Å². The minimum atomic E-state index is -0.713. The van der Waals surface area contributed by atoms with E-state index in [1.54, 1.807) is 0 Å². The van der Waals surface area contributed by atoms with Crippen molar-refractivity contribution in [2.45, 2.75) is 0 Å². The van der Waals surface area contributed by atoms with Crippen LogP contribution >= 0.6 is 0 Å². The second-order valence-corrected chi connectivity index (χ2v) is 0.706. The third kappa shape index (κ3) is 0.645. The van der Waals surface area contributed by atoms with Gasteiger partial charge in [0.05, 0.1) is 0 Å². The zero-order valence-corrected chi connectivity index (χ0v) is 9.91. The Bertz CT molecular complexity index is 148. The Morgan fingerprint density at radius 3 is 2.57 bits per heavy atom. The van der Waals surface area contributed by atoms with Crippen molar-refractivity contribution in [1.82, 2.24) is 0 Å². The largest absolute Gasteiger partial charge is 0.585 e. The molecule has 1 heterocycles. The summed E-state index contributed by atoms with van der Waals surface area (Å²) in [4.78, 5) is 9.70. The second kappa shape index (κ2) is 1.45. The van der Waals surface area contributed by atoms with E-state index in [9.17, 15) is 4.79 Å². The summed E-state index contributed by atoms with van der Waals surface area (Å²) in [5, 5.41) is 0. The molecule has 1 rings (SSSR count). The summed E-state index contributed by atoms with van der Waals surface area (Å²) in [5.41, 5.74) is 0. The predicted molar refractivity (Wildman–Crippen MR) is 16.1 cm³/mol. The van der Waals surface area contributed by atoms with Gasteiger partial charge in [-0.2, -0.15) is 0 Å². The molecule has 0 radical (unpaired) electrons. The van der Waals surface area contributed by atoms with Crippen LogP contribution in [0.25, 0.3) is 0 Å². The molecule has 34 valence electrons. The van der Waals surface area contributed by atoms with Gasteiger partial charge in [-0.15, -0.1) is 0 Å². The van der Waals surface area contributed by atoms with Crippen molar-refractivity contribution in [1.29, 1.82) is 0 Å². The summed E-state index contributed by atoms with van der Waals surface area (Å²) in [6.07, 6.45) is 3.13. The molecule has 0 aliphatic heterocycles. The normalized spacial score (nSPS) is 7.43. The van der Waals surface area contributed by atoms with Gasteiger partial charge in [0.1, 0.15) is 0 Å². The Morgan fingerprint density at radius 2 is 2.43 bits per heavy atom. The number of rotatable bonds is 0. The van der Waals surface area contributed by atoms with Crippen molar-refractivity contribution >= 4 is 0 Å². The van der Waals surface area contributed by atoms with Crippen LogP contribution in [0.3, 0.4) is 0 Å². The molecular weight excluding hydrogens is 351 g/mol. The molecule has 4 heteroatoms. The second-order valence-electron chi connectivity index (χ2n) is 0.706. The quantitative estimate of drug-likeness (QED) is 0.619. The van der Waals surface area contributed by atoms with Crippen LogP contribution in [-0.2, 0) is 0 Å². The van der Waals surface area contributed by atoms with Crippen molar-refractivity contribution in [2.24, 2.45) is 0 Å². The first-order valence-electron chi connectivity index (χ1n) is 1.34. The van der Waals surface area contributed by atoms with Gasteiger partial charge in [0.15, 0.2) is 0 Å². The Hall–Kier alpha value is -1.99. The van der Waals surface area contributed by atoms with E-state index in [4.69, 9.17) is 0 Å². The topological polar surface area (TPSA) is 43.4 Å². The fraction of sp³-hybridized carbons (Fsp3) is 0. The zero-order valence-electron chi connectivity index (χ0n) is 3.51. The fourth-order valence-electron chi connectivity index (χ4n) is 0.168. The third-order valence-corrected chi connectivity index (χ3v) is 0.346.